The fraction of sp³-hybridized carbons (Fsp3) is 0.867. The average Bonchev–Trinajstić information content (AvgIpc) is 2.50. The number of carbonyl (C=O) groups is 2. The van der Waals surface area contributed by atoms with E-state index < -0.39 is 6.04 Å². The van der Waals surface area contributed by atoms with Crippen molar-refractivity contribution >= 4 is 11.8 Å². The Hall–Kier alpha value is -1.14. The van der Waals surface area contributed by atoms with E-state index in [1.54, 1.807) is 0 Å². The lowest BCUT2D eigenvalue weighted by molar-refractivity contribution is -0.136. The summed E-state index contributed by atoms with van der Waals surface area (Å²) < 4.78 is 0. The van der Waals surface area contributed by atoms with Crippen LogP contribution in [0.5, 0.6) is 0 Å². The highest BCUT2D eigenvalue weighted by atomic mass is 16.2. The highest BCUT2D eigenvalue weighted by molar-refractivity contribution is 5.87. The molecule has 1 unspecified atom stereocenters. The van der Waals surface area contributed by atoms with Gasteiger partial charge in [-0.1, -0.05) is 20.3 Å². The van der Waals surface area contributed by atoms with Crippen LogP contribution in [-0.2, 0) is 9.59 Å². The van der Waals surface area contributed by atoms with Gasteiger partial charge in [-0.2, -0.15) is 0 Å². The van der Waals surface area contributed by atoms with E-state index in [4.69, 9.17) is 5.73 Å². The highest BCUT2D eigenvalue weighted by Gasteiger charge is 2.31. The van der Waals surface area contributed by atoms with Crippen LogP contribution < -0.4 is 11.1 Å². The zero-order valence-electron chi connectivity index (χ0n) is 13.2. The summed E-state index contributed by atoms with van der Waals surface area (Å²) in [6, 6.07) is -0.0435. The molecular formula is C15H28N4O2. The van der Waals surface area contributed by atoms with Gasteiger partial charge < -0.3 is 16.0 Å². The standard InChI is InChI=1S/C15H28N4O2/c1-11(2)14(16)15(21)17-9-13(20)19-8-7-18-6-4-3-5-12(18)10-19/h11-12,14H,3-10,16H2,1-2H3,(H,17,21)/t12?,14-/m0/s1. The lowest BCUT2D eigenvalue weighted by Gasteiger charge is -2.44. The summed E-state index contributed by atoms with van der Waals surface area (Å²) >= 11 is 0. The van der Waals surface area contributed by atoms with Gasteiger partial charge >= 0.3 is 0 Å². The molecule has 6 nitrogen and oxygen atoms in total. The molecule has 120 valence electrons. The van der Waals surface area contributed by atoms with Crippen molar-refractivity contribution in [3.8, 4) is 0 Å². The topological polar surface area (TPSA) is 78.7 Å². The number of fused-ring (bicyclic) bond motifs is 1. The van der Waals surface area contributed by atoms with E-state index in [9.17, 15) is 9.59 Å². The molecule has 0 radical (unpaired) electrons. The van der Waals surface area contributed by atoms with Crippen LogP contribution in [0.3, 0.4) is 0 Å². The third kappa shape index (κ3) is 4.17. The van der Waals surface area contributed by atoms with Crippen LogP contribution in [0.15, 0.2) is 0 Å². The number of hydrogen-bond acceptors (Lipinski definition) is 4. The Bertz CT molecular complexity index is 386. The van der Waals surface area contributed by atoms with Crippen LogP contribution in [0.25, 0.3) is 0 Å². The number of nitrogens with zero attached hydrogens (tertiary/aromatic N) is 2. The van der Waals surface area contributed by atoms with Gasteiger partial charge in [0.15, 0.2) is 0 Å². The molecule has 21 heavy (non-hydrogen) atoms. The van der Waals surface area contributed by atoms with E-state index in [0.717, 1.165) is 26.2 Å². The third-order valence-corrected chi connectivity index (χ3v) is 4.62. The van der Waals surface area contributed by atoms with Crippen LogP contribution in [0.2, 0.25) is 0 Å². The quantitative estimate of drug-likeness (QED) is 0.752. The number of carbonyl (C=O) groups excluding carboxylic acids is 2. The van der Waals surface area contributed by atoms with Gasteiger partial charge in [0.1, 0.15) is 0 Å². The number of rotatable bonds is 4. The van der Waals surface area contributed by atoms with E-state index in [1.807, 2.05) is 18.7 Å². The van der Waals surface area contributed by atoms with Crippen LogP contribution in [0.1, 0.15) is 33.1 Å². The normalized spacial score (nSPS) is 24.6. The minimum Gasteiger partial charge on any atom is -0.346 e. The number of piperazine rings is 1. The Morgan fingerprint density at radius 2 is 2.00 bits per heavy atom. The SMILES string of the molecule is CC(C)[C@H](N)C(=O)NCC(=O)N1CCN2CCCCC2C1. The molecule has 0 bridgehead atoms. The number of amides is 2. The lowest BCUT2D eigenvalue weighted by Crippen LogP contribution is -2.58. The Balaban J connectivity index is 1.77. The van der Waals surface area contributed by atoms with Gasteiger partial charge in [-0.15, -0.1) is 0 Å². The number of piperidine rings is 1. The van der Waals surface area contributed by atoms with Crippen LogP contribution in [-0.4, -0.2) is 66.4 Å². The Kier molecular flexibility index (Phi) is 5.58. The van der Waals surface area contributed by atoms with E-state index in [2.05, 4.69) is 10.2 Å². The van der Waals surface area contributed by atoms with Crippen LogP contribution in [0, 0.1) is 5.92 Å². The van der Waals surface area contributed by atoms with Crippen molar-refractivity contribution in [1.29, 1.82) is 0 Å². The summed E-state index contributed by atoms with van der Waals surface area (Å²) in [5, 5.41) is 2.66. The van der Waals surface area contributed by atoms with E-state index >= 15 is 0 Å². The number of nitrogens with one attached hydrogen (secondary N) is 1. The maximum atomic E-state index is 12.2. The Morgan fingerprint density at radius 3 is 2.71 bits per heavy atom. The Labute approximate surface area is 127 Å². The van der Waals surface area contributed by atoms with Crippen molar-refractivity contribution in [3.63, 3.8) is 0 Å². The maximum Gasteiger partial charge on any atom is 0.242 e. The van der Waals surface area contributed by atoms with Crippen LogP contribution >= 0.6 is 0 Å². The predicted octanol–water partition coefficient (Wildman–Crippen LogP) is -0.217. The average molecular weight is 296 g/mol. The summed E-state index contributed by atoms with van der Waals surface area (Å²) in [5.41, 5.74) is 5.77. The second-order valence-corrected chi connectivity index (χ2v) is 6.51. The second-order valence-electron chi connectivity index (χ2n) is 6.51. The first-order valence-corrected chi connectivity index (χ1v) is 8.04. The van der Waals surface area contributed by atoms with E-state index in [-0.39, 0.29) is 24.3 Å². The Morgan fingerprint density at radius 1 is 1.24 bits per heavy atom. The van der Waals surface area contributed by atoms with Crippen molar-refractivity contribution < 1.29 is 9.59 Å². The summed E-state index contributed by atoms with van der Waals surface area (Å²) in [5.74, 6) is -0.162. The van der Waals surface area contributed by atoms with Gasteiger partial charge in [0.05, 0.1) is 12.6 Å². The molecule has 0 aromatic carbocycles. The zero-order chi connectivity index (χ0) is 15.4. The minimum absolute atomic E-state index is 0.00419. The molecular weight excluding hydrogens is 268 g/mol. The van der Waals surface area contributed by atoms with Gasteiger partial charge in [0.25, 0.3) is 0 Å². The van der Waals surface area contributed by atoms with Gasteiger partial charge in [0, 0.05) is 25.7 Å². The van der Waals surface area contributed by atoms with E-state index in [1.165, 1.54) is 19.3 Å². The molecule has 2 aliphatic heterocycles. The molecule has 0 aromatic rings. The molecule has 2 atom stereocenters. The number of nitrogens with two attached hydrogens (primary N) is 1. The van der Waals surface area contributed by atoms with E-state index in [0.29, 0.717) is 6.04 Å². The summed E-state index contributed by atoms with van der Waals surface area (Å²) in [7, 11) is 0. The molecule has 6 heteroatoms. The molecule has 0 aromatic heterocycles. The first kappa shape index (κ1) is 16.2. The van der Waals surface area contributed by atoms with Crippen molar-refractivity contribution in [3.05, 3.63) is 0 Å². The monoisotopic (exact) mass is 296 g/mol. The summed E-state index contributed by atoms with van der Waals surface area (Å²) in [6.07, 6.45) is 3.70. The molecule has 0 aliphatic carbocycles. The molecule has 2 heterocycles. The molecule has 2 aliphatic rings. The maximum absolute atomic E-state index is 12.2. The smallest absolute Gasteiger partial charge is 0.242 e. The molecule has 2 fully saturated rings. The van der Waals surface area contributed by atoms with Crippen molar-refractivity contribution in [2.24, 2.45) is 11.7 Å². The minimum atomic E-state index is -0.548. The largest absolute Gasteiger partial charge is 0.346 e. The summed E-state index contributed by atoms with van der Waals surface area (Å²) in [4.78, 5) is 28.4. The first-order chi connectivity index (χ1) is 9.99. The fourth-order valence-corrected chi connectivity index (χ4v) is 3.08. The molecule has 2 amide bonds. The molecule has 3 N–H and O–H groups in total. The fourth-order valence-electron chi connectivity index (χ4n) is 3.08. The zero-order valence-corrected chi connectivity index (χ0v) is 13.2. The van der Waals surface area contributed by atoms with Gasteiger partial charge in [-0.05, 0) is 25.3 Å². The van der Waals surface area contributed by atoms with Gasteiger partial charge in [-0.3, -0.25) is 14.5 Å². The van der Waals surface area contributed by atoms with Gasteiger partial charge in [0.2, 0.25) is 11.8 Å². The van der Waals surface area contributed by atoms with Crippen molar-refractivity contribution in [2.45, 2.75) is 45.2 Å². The van der Waals surface area contributed by atoms with Crippen molar-refractivity contribution in [1.82, 2.24) is 15.1 Å². The predicted molar refractivity (Wildman–Crippen MR) is 81.6 cm³/mol. The molecule has 2 saturated heterocycles. The van der Waals surface area contributed by atoms with Gasteiger partial charge in [-0.25, -0.2) is 0 Å². The first-order valence-electron chi connectivity index (χ1n) is 8.04. The highest BCUT2D eigenvalue weighted by Crippen LogP contribution is 2.20. The third-order valence-electron chi connectivity index (χ3n) is 4.62. The van der Waals surface area contributed by atoms with Crippen molar-refractivity contribution in [2.75, 3.05) is 32.7 Å². The molecule has 2 rings (SSSR count). The molecule has 0 saturated carbocycles. The number of hydrogen-bond donors (Lipinski definition) is 2. The second kappa shape index (κ2) is 7.22. The molecule has 0 spiro atoms. The lowest BCUT2D eigenvalue weighted by atomic mass is 9.99. The van der Waals surface area contributed by atoms with Crippen LogP contribution in [0.4, 0.5) is 0 Å². The summed E-state index contributed by atoms with van der Waals surface area (Å²) in [6.45, 7) is 7.53.